The first-order chi connectivity index (χ1) is 8.71. The first kappa shape index (κ1) is 13.1. The van der Waals surface area contributed by atoms with Crippen LogP contribution in [0.4, 0.5) is 0 Å². The van der Waals surface area contributed by atoms with Crippen LogP contribution in [-0.4, -0.2) is 34.5 Å². The molecule has 1 heterocycles. The van der Waals surface area contributed by atoms with Crippen molar-refractivity contribution in [2.75, 3.05) is 6.61 Å². The molecule has 4 heteroatoms. The highest BCUT2D eigenvalue weighted by Crippen LogP contribution is 2.55. The van der Waals surface area contributed by atoms with E-state index in [0.717, 1.165) is 12.8 Å². The van der Waals surface area contributed by atoms with Crippen LogP contribution in [0.15, 0.2) is 11.1 Å². The molecule has 3 rings (SSSR count). The Balaban J connectivity index is 2.04. The third-order valence-electron chi connectivity index (χ3n) is 5.17. The van der Waals surface area contributed by atoms with Gasteiger partial charge in [-0.2, -0.15) is 0 Å². The lowest BCUT2D eigenvalue weighted by atomic mass is 9.78. The van der Waals surface area contributed by atoms with E-state index in [9.17, 15) is 15.0 Å². The van der Waals surface area contributed by atoms with Crippen LogP contribution in [0.2, 0.25) is 0 Å². The number of aliphatic hydroxyl groups is 2. The van der Waals surface area contributed by atoms with Gasteiger partial charge in [0, 0.05) is 17.6 Å². The summed E-state index contributed by atoms with van der Waals surface area (Å²) in [5.74, 6) is -0.309. The zero-order valence-electron chi connectivity index (χ0n) is 11.8. The van der Waals surface area contributed by atoms with Crippen LogP contribution in [0.5, 0.6) is 0 Å². The van der Waals surface area contributed by atoms with Gasteiger partial charge in [0.25, 0.3) is 0 Å². The minimum absolute atomic E-state index is 0.0204. The van der Waals surface area contributed by atoms with Gasteiger partial charge in [0.1, 0.15) is 6.61 Å². The quantitative estimate of drug-likeness (QED) is 0.651. The first-order valence-corrected chi connectivity index (χ1v) is 7.01. The molecule has 0 aromatic rings. The molecule has 0 amide bonds. The number of aliphatic hydroxyl groups excluding tert-OH is 1. The lowest BCUT2D eigenvalue weighted by Gasteiger charge is -2.34. The second kappa shape index (κ2) is 3.83. The Kier molecular flexibility index (Phi) is 2.64. The average Bonchev–Trinajstić information content (AvgIpc) is 2.78. The number of ether oxygens (including phenoxy) is 1. The van der Waals surface area contributed by atoms with Crippen LogP contribution >= 0.6 is 0 Å². The molecule has 0 unspecified atom stereocenters. The maximum atomic E-state index is 11.7. The monoisotopic (exact) mass is 266 g/mol. The first-order valence-electron chi connectivity index (χ1n) is 7.01. The molecule has 2 aliphatic carbocycles. The molecule has 0 radical (unpaired) electrons. The second-order valence-corrected chi connectivity index (χ2v) is 7.40. The Hall–Kier alpha value is -0.870. The molecule has 4 atom stereocenters. The van der Waals surface area contributed by atoms with Crippen LogP contribution in [0.1, 0.15) is 40.0 Å². The van der Waals surface area contributed by atoms with Crippen molar-refractivity contribution in [1.82, 2.24) is 0 Å². The molecule has 0 bridgehead atoms. The number of carbonyl (C=O) groups is 1. The molecule has 4 nitrogen and oxygen atoms in total. The second-order valence-electron chi connectivity index (χ2n) is 7.40. The van der Waals surface area contributed by atoms with Crippen LogP contribution in [0.3, 0.4) is 0 Å². The zero-order chi connectivity index (χ0) is 14.0. The third-order valence-corrected chi connectivity index (χ3v) is 5.17. The standard InChI is InChI=1S/C15H22O4/c1-14(2)4-9-11(6-14)15(3,18)5-8-10(12(9)16)7-19-13(8)17/h9,11-12,16,18H,4-7H2,1-3H3/t9-,11-,12+,15-/m0/s1. The van der Waals surface area contributed by atoms with E-state index in [1.165, 1.54) is 0 Å². The number of esters is 1. The van der Waals surface area contributed by atoms with Gasteiger partial charge in [-0.25, -0.2) is 4.79 Å². The minimum Gasteiger partial charge on any atom is -0.458 e. The highest BCUT2D eigenvalue weighted by atomic mass is 16.5. The zero-order valence-corrected chi connectivity index (χ0v) is 11.8. The van der Waals surface area contributed by atoms with Crippen molar-refractivity contribution in [3.63, 3.8) is 0 Å². The molecule has 2 N–H and O–H groups in total. The van der Waals surface area contributed by atoms with Gasteiger partial charge in [0.2, 0.25) is 0 Å². The van der Waals surface area contributed by atoms with Gasteiger partial charge < -0.3 is 14.9 Å². The van der Waals surface area contributed by atoms with E-state index in [-0.39, 0.29) is 29.8 Å². The van der Waals surface area contributed by atoms with Crippen molar-refractivity contribution in [2.24, 2.45) is 17.3 Å². The van der Waals surface area contributed by atoms with E-state index in [4.69, 9.17) is 4.74 Å². The van der Waals surface area contributed by atoms with E-state index < -0.39 is 11.7 Å². The van der Waals surface area contributed by atoms with Crippen molar-refractivity contribution < 1.29 is 19.7 Å². The molecule has 0 aromatic carbocycles. The van der Waals surface area contributed by atoms with E-state index in [1.54, 1.807) is 6.92 Å². The van der Waals surface area contributed by atoms with Crippen molar-refractivity contribution in [3.05, 3.63) is 11.1 Å². The Morgan fingerprint density at radius 2 is 1.95 bits per heavy atom. The highest BCUT2D eigenvalue weighted by molar-refractivity contribution is 5.92. The molecule has 1 aliphatic heterocycles. The summed E-state index contributed by atoms with van der Waals surface area (Å²) in [6, 6.07) is 0. The summed E-state index contributed by atoms with van der Waals surface area (Å²) < 4.78 is 5.04. The fraction of sp³-hybridized carbons (Fsp3) is 0.800. The normalized spacial score (nSPS) is 44.7. The molecular formula is C15H22O4. The number of hydrogen-bond donors (Lipinski definition) is 2. The fourth-order valence-corrected chi connectivity index (χ4v) is 4.27. The van der Waals surface area contributed by atoms with Crippen LogP contribution < -0.4 is 0 Å². The summed E-state index contributed by atoms with van der Waals surface area (Å²) in [7, 11) is 0. The van der Waals surface area contributed by atoms with E-state index in [1.807, 2.05) is 0 Å². The fourth-order valence-electron chi connectivity index (χ4n) is 4.27. The number of cyclic esters (lactones) is 1. The third kappa shape index (κ3) is 1.93. The van der Waals surface area contributed by atoms with Gasteiger partial charge in [0.05, 0.1) is 11.7 Å². The van der Waals surface area contributed by atoms with Crippen molar-refractivity contribution >= 4 is 5.97 Å². The SMILES string of the molecule is CC1(C)C[C@@H]2[C@@H](O)C3=C(C[C@](C)(O)[C@H]2C1)C(=O)OC3. The number of hydrogen-bond acceptors (Lipinski definition) is 4. The van der Waals surface area contributed by atoms with Gasteiger partial charge in [-0.1, -0.05) is 13.8 Å². The molecule has 1 fully saturated rings. The van der Waals surface area contributed by atoms with Crippen LogP contribution in [-0.2, 0) is 9.53 Å². The predicted octanol–water partition coefficient (Wildman–Crippen LogP) is 1.41. The highest BCUT2D eigenvalue weighted by Gasteiger charge is 2.54. The van der Waals surface area contributed by atoms with E-state index in [0.29, 0.717) is 17.6 Å². The molecule has 0 saturated heterocycles. The Bertz CT molecular complexity index is 461. The van der Waals surface area contributed by atoms with Crippen LogP contribution in [0, 0.1) is 17.3 Å². The molecule has 106 valence electrons. The van der Waals surface area contributed by atoms with E-state index in [2.05, 4.69) is 13.8 Å². The summed E-state index contributed by atoms with van der Waals surface area (Å²) in [6.45, 7) is 6.33. The molecule has 19 heavy (non-hydrogen) atoms. The number of fused-ring (bicyclic) bond motifs is 1. The predicted molar refractivity (Wildman–Crippen MR) is 69.2 cm³/mol. The van der Waals surface area contributed by atoms with E-state index >= 15 is 0 Å². The molecule has 0 aromatic heterocycles. The Labute approximate surface area is 113 Å². The minimum atomic E-state index is -0.945. The summed E-state index contributed by atoms with van der Waals surface area (Å²) >= 11 is 0. The molecular weight excluding hydrogens is 244 g/mol. The Morgan fingerprint density at radius 1 is 1.26 bits per heavy atom. The van der Waals surface area contributed by atoms with Gasteiger partial charge in [-0.3, -0.25) is 0 Å². The lowest BCUT2D eigenvalue weighted by Crippen LogP contribution is -2.39. The number of rotatable bonds is 0. The average molecular weight is 266 g/mol. The molecule has 3 aliphatic rings. The maximum absolute atomic E-state index is 11.7. The van der Waals surface area contributed by atoms with Gasteiger partial charge in [-0.05, 0) is 37.0 Å². The van der Waals surface area contributed by atoms with Gasteiger partial charge >= 0.3 is 5.97 Å². The van der Waals surface area contributed by atoms with Crippen molar-refractivity contribution in [3.8, 4) is 0 Å². The largest absolute Gasteiger partial charge is 0.458 e. The summed E-state index contributed by atoms with van der Waals surface area (Å²) in [5.41, 5.74) is 0.391. The van der Waals surface area contributed by atoms with Crippen molar-refractivity contribution in [2.45, 2.75) is 51.7 Å². The summed E-state index contributed by atoms with van der Waals surface area (Å²) in [6.07, 6.45) is 1.41. The van der Waals surface area contributed by atoms with Gasteiger partial charge in [-0.15, -0.1) is 0 Å². The maximum Gasteiger partial charge on any atom is 0.334 e. The smallest absolute Gasteiger partial charge is 0.334 e. The lowest BCUT2D eigenvalue weighted by molar-refractivity contribution is -0.137. The molecule has 1 saturated carbocycles. The molecule has 0 spiro atoms. The van der Waals surface area contributed by atoms with Crippen molar-refractivity contribution in [1.29, 1.82) is 0 Å². The topological polar surface area (TPSA) is 66.8 Å². The van der Waals surface area contributed by atoms with Crippen LogP contribution in [0.25, 0.3) is 0 Å². The summed E-state index contributed by atoms with van der Waals surface area (Å²) in [4.78, 5) is 11.7. The number of carbonyl (C=O) groups excluding carboxylic acids is 1. The summed E-state index contributed by atoms with van der Waals surface area (Å²) in [5, 5.41) is 21.4. The Morgan fingerprint density at radius 3 is 2.63 bits per heavy atom. The van der Waals surface area contributed by atoms with Gasteiger partial charge in [0.15, 0.2) is 0 Å².